The summed E-state index contributed by atoms with van der Waals surface area (Å²) in [6.07, 6.45) is 2.42. The lowest BCUT2D eigenvalue weighted by molar-refractivity contribution is -0.123. The minimum Gasteiger partial charge on any atom is -0.484 e. The number of ether oxygens (including phenoxy) is 2. The van der Waals surface area contributed by atoms with Crippen LogP contribution in [-0.2, 0) is 27.2 Å². The Kier molecular flexibility index (Phi) is 8.48. The lowest BCUT2D eigenvalue weighted by Gasteiger charge is -2.18. The Morgan fingerprint density at radius 1 is 1.00 bits per heavy atom. The van der Waals surface area contributed by atoms with Crippen molar-refractivity contribution < 1.29 is 23.9 Å². The molecule has 8 heteroatoms. The average Bonchev–Trinajstić information content (AvgIpc) is 3.62. The molecule has 3 N–H and O–H groups in total. The highest BCUT2D eigenvalue weighted by molar-refractivity contribution is 5.85. The Labute approximate surface area is 187 Å². The molecule has 3 rings (SSSR count). The summed E-state index contributed by atoms with van der Waals surface area (Å²) in [4.78, 5) is 36.0. The molecule has 8 nitrogen and oxygen atoms in total. The fourth-order valence-corrected chi connectivity index (χ4v) is 3.11. The van der Waals surface area contributed by atoms with Crippen molar-refractivity contribution in [2.45, 2.75) is 37.8 Å². The standard InChI is InChI=1S/C24H29N3O5/c1-31-24(30)27-21(15-18-5-3-2-4-6-18)23(29)25-14-13-17-7-11-20(12-8-17)32-16-22(28)26-19-9-10-19/h2-8,11-12,19,21H,9-10,13-16H2,1H3,(H,25,29)(H,26,28)(H,27,30). The van der Waals surface area contributed by atoms with E-state index in [0.717, 1.165) is 24.0 Å². The van der Waals surface area contributed by atoms with Gasteiger partial charge in [0.2, 0.25) is 5.91 Å². The number of benzene rings is 2. The maximum Gasteiger partial charge on any atom is 0.407 e. The van der Waals surface area contributed by atoms with Gasteiger partial charge in [0.25, 0.3) is 5.91 Å². The number of hydrogen-bond donors (Lipinski definition) is 3. The lowest BCUT2D eigenvalue weighted by atomic mass is 10.1. The summed E-state index contributed by atoms with van der Waals surface area (Å²) in [5.74, 6) is 0.236. The molecule has 170 valence electrons. The van der Waals surface area contributed by atoms with E-state index in [9.17, 15) is 14.4 Å². The molecule has 2 aromatic rings. The van der Waals surface area contributed by atoms with Crippen molar-refractivity contribution in [3.8, 4) is 5.75 Å². The Morgan fingerprint density at radius 2 is 1.72 bits per heavy atom. The number of methoxy groups -OCH3 is 1. The molecule has 1 aliphatic rings. The smallest absolute Gasteiger partial charge is 0.407 e. The molecule has 2 aromatic carbocycles. The van der Waals surface area contributed by atoms with E-state index in [0.29, 0.717) is 31.2 Å². The molecule has 0 aliphatic heterocycles. The van der Waals surface area contributed by atoms with Crippen LogP contribution in [0.3, 0.4) is 0 Å². The second-order valence-corrected chi connectivity index (χ2v) is 7.69. The third-order valence-corrected chi connectivity index (χ3v) is 5.03. The first-order valence-corrected chi connectivity index (χ1v) is 10.7. The molecule has 0 radical (unpaired) electrons. The summed E-state index contributed by atoms with van der Waals surface area (Å²) in [6, 6.07) is 16.5. The van der Waals surface area contributed by atoms with E-state index in [2.05, 4.69) is 20.7 Å². The van der Waals surface area contributed by atoms with Crippen LogP contribution >= 0.6 is 0 Å². The fourth-order valence-electron chi connectivity index (χ4n) is 3.11. The summed E-state index contributed by atoms with van der Waals surface area (Å²) in [6.45, 7) is 0.416. The van der Waals surface area contributed by atoms with Gasteiger partial charge in [0, 0.05) is 19.0 Å². The minimum absolute atomic E-state index is 0.00189. The Balaban J connectivity index is 1.43. The first kappa shape index (κ1) is 23.1. The maximum atomic E-state index is 12.6. The SMILES string of the molecule is COC(=O)NC(Cc1ccccc1)C(=O)NCCc1ccc(OCC(=O)NC2CC2)cc1. The van der Waals surface area contributed by atoms with Crippen molar-refractivity contribution in [2.24, 2.45) is 0 Å². The number of carbonyl (C=O) groups excluding carboxylic acids is 3. The van der Waals surface area contributed by atoms with Gasteiger partial charge in [0.05, 0.1) is 7.11 Å². The number of nitrogens with one attached hydrogen (secondary N) is 3. The van der Waals surface area contributed by atoms with Crippen LogP contribution in [0.15, 0.2) is 54.6 Å². The summed E-state index contributed by atoms with van der Waals surface area (Å²) >= 11 is 0. The number of rotatable bonds is 11. The molecule has 1 aliphatic carbocycles. The van der Waals surface area contributed by atoms with Gasteiger partial charge in [-0.25, -0.2) is 4.79 Å². The van der Waals surface area contributed by atoms with E-state index in [1.165, 1.54) is 7.11 Å². The largest absolute Gasteiger partial charge is 0.484 e. The van der Waals surface area contributed by atoms with Crippen LogP contribution in [0.5, 0.6) is 5.75 Å². The summed E-state index contributed by atoms with van der Waals surface area (Å²) in [7, 11) is 1.26. The van der Waals surface area contributed by atoms with E-state index >= 15 is 0 Å². The highest BCUT2D eigenvalue weighted by Gasteiger charge is 2.23. The van der Waals surface area contributed by atoms with Crippen molar-refractivity contribution in [1.29, 1.82) is 0 Å². The molecule has 0 aromatic heterocycles. The second kappa shape index (κ2) is 11.7. The number of hydrogen-bond acceptors (Lipinski definition) is 5. The van der Waals surface area contributed by atoms with Gasteiger partial charge < -0.3 is 25.4 Å². The molecule has 1 fully saturated rings. The second-order valence-electron chi connectivity index (χ2n) is 7.69. The zero-order chi connectivity index (χ0) is 22.8. The molecule has 0 spiro atoms. The first-order chi connectivity index (χ1) is 15.5. The van der Waals surface area contributed by atoms with Crippen molar-refractivity contribution in [3.63, 3.8) is 0 Å². The zero-order valence-electron chi connectivity index (χ0n) is 18.1. The van der Waals surface area contributed by atoms with Crippen LogP contribution < -0.4 is 20.7 Å². The Hall–Kier alpha value is -3.55. The molecule has 0 saturated heterocycles. The normalized spacial score (nSPS) is 13.5. The zero-order valence-corrected chi connectivity index (χ0v) is 18.1. The summed E-state index contributed by atoms with van der Waals surface area (Å²) in [5.41, 5.74) is 1.95. The van der Waals surface area contributed by atoms with Crippen LogP contribution in [0.1, 0.15) is 24.0 Å². The summed E-state index contributed by atoms with van der Waals surface area (Å²) in [5, 5.41) is 8.33. The predicted octanol–water partition coefficient (Wildman–Crippen LogP) is 1.97. The van der Waals surface area contributed by atoms with Crippen molar-refractivity contribution >= 4 is 17.9 Å². The van der Waals surface area contributed by atoms with Crippen molar-refractivity contribution in [3.05, 3.63) is 65.7 Å². The predicted molar refractivity (Wildman–Crippen MR) is 119 cm³/mol. The number of carbonyl (C=O) groups is 3. The van der Waals surface area contributed by atoms with Gasteiger partial charge in [-0.2, -0.15) is 0 Å². The van der Waals surface area contributed by atoms with Crippen molar-refractivity contribution in [2.75, 3.05) is 20.3 Å². The topological polar surface area (TPSA) is 106 Å². The quantitative estimate of drug-likeness (QED) is 0.496. The van der Waals surface area contributed by atoms with E-state index in [1.807, 2.05) is 42.5 Å². The van der Waals surface area contributed by atoms with Crippen LogP contribution in [-0.4, -0.2) is 50.3 Å². The number of amides is 3. The molecule has 0 heterocycles. The van der Waals surface area contributed by atoms with Gasteiger partial charge in [-0.05, 0) is 42.5 Å². The van der Waals surface area contributed by atoms with E-state index < -0.39 is 12.1 Å². The number of alkyl carbamates (subject to hydrolysis) is 1. The van der Waals surface area contributed by atoms with Gasteiger partial charge in [0.15, 0.2) is 6.61 Å². The summed E-state index contributed by atoms with van der Waals surface area (Å²) < 4.78 is 10.1. The Bertz CT molecular complexity index is 898. The molecular weight excluding hydrogens is 410 g/mol. The molecule has 1 unspecified atom stereocenters. The van der Waals surface area contributed by atoms with Crippen LogP contribution in [0.25, 0.3) is 0 Å². The molecule has 3 amide bonds. The first-order valence-electron chi connectivity index (χ1n) is 10.7. The van der Waals surface area contributed by atoms with Crippen LogP contribution in [0, 0.1) is 0 Å². The highest BCUT2D eigenvalue weighted by atomic mass is 16.5. The molecule has 1 atom stereocenters. The monoisotopic (exact) mass is 439 g/mol. The van der Waals surface area contributed by atoms with Crippen molar-refractivity contribution in [1.82, 2.24) is 16.0 Å². The fraction of sp³-hybridized carbons (Fsp3) is 0.375. The third-order valence-electron chi connectivity index (χ3n) is 5.03. The average molecular weight is 440 g/mol. The van der Waals surface area contributed by atoms with E-state index in [1.54, 1.807) is 12.1 Å². The third kappa shape index (κ3) is 7.94. The van der Waals surface area contributed by atoms with Crippen LogP contribution in [0.4, 0.5) is 4.79 Å². The minimum atomic E-state index is -0.734. The molecule has 0 bridgehead atoms. The molecular formula is C24H29N3O5. The highest BCUT2D eigenvalue weighted by Crippen LogP contribution is 2.18. The van der Waals surface area contributed by atoms with Gasteiger partial charge in [0.1, 0.15) is 11.8 Å². The van der Waals surface area contributed by atoms with E-state index in [4.69, 9.17) is 4.74 Å². The Morgan fingerprint density at radius 3 is 2.38 bits per heavy atom. The van der Waals surface area contributed by atoms with Gasteiger partial charge >= 0.3 is 6.09 Å². The van der Waals surface area contributed by atoms with Gasteiger partial charge in [-0.1, -0.05) is 42.5 Å². The molecule has 32 heavy (non-hydrogen) atoms. The van der Waals surface area contributed by atoms with Crippen LogP contribution in [0.2, 0.25) is 0 Å². The van der Waals surface area contributed by atoms with Gasteiger partial charge in [-0.15, -0.1) is 0 Å². The van der Waals surface area contributed by atoms with Gasteiger partial charge in [-0.3, -0.25) is 9.59 Å². The maximum absolute atomic E-state index is 12.6. The lowest BCUT2D eigenvalue weighted by Crippen LogP contribution is -2.48. The van der Waals surface area contributed by atoms with E-state index in [-0.39, 0.29) is 18.4 Å². The molecule has 1 saturated carbocycles.